The van der Waals surface area contributed by atoms with Gasteiger partial charge in [0.2, 0.25) is 0 Å². The van der Waals surface area contributed by atoms with Crippen LogP contribution in [-0.2, 0) is 0 Å². The number of halogens is 1. The highest BCUT2D eigenvalue weighted by molar-refractivity contribution is 14.1. The molecular weight excluding hydrogens is 367 g/mol. The lowest BCUT2D eigenvalue weighted by atomic mass is 9.93. The van der Waals surface area contributed by atoms with Gasteiger partial charge >= 0.3 is 0 Å². The first-order chi connectivity index (χ1) is 9.54. The van der Waals surface area contributed by atoms with Gasteiger partial charge in [-0.3, -0.25) is 0 Å². The van der Waals surface area contributed by atoms with Crippen molar-refractivity contribution < 1.29 is 5.11 Å². The van der Waals surface area contributed by atoms with Crippen LogP contribution in [0.25, 0.3) is 11.0 Å². The van der Waals surface area contributed by atoms with Gasteiger partial charge < -0.3 is 15.4 Å². The Morgan fingerprint density at radius 2 is 2.15 bits per heavy atom. The van der Waals surface area contributed by atoms with Crippen molar-refractivity contribution in [3.05, 3.63) is 27.7 Å². The number of nitrogen functional groups attached to an aromatic ring is 1. The molecule has 0 aromatic carbocycles. The van der Waals surface area contributed by atoms with Crippen LogP contribution in [0.5, 0.6) is 0 Å². The van der Waals surface area contributed by atoms with Gasteiger partial charge in [0.1, 0.15) is 17.8 Å². The molecule has 20 heavy (non-hydrogen) atoms. The summed E-state index contributed by atoms with van der Waals surface area (Å²) < 4.78 is 3.21. The lowest BCUT2D eigenvalue weighted by molar-refractivity contribution is 0.301. The topological polar surface area (TPSA) is 77.0 Å². The maximum absolute atomic E-state index is 9.46. The third-order valence-corrected chi connectivity index (χ3v) is 5.21. The maximum Gasteiger partial charge on any atom is 0.147 e. The average molecular weight is 384 g/mol. The monoisotopic (exact) mass is 384 g/mol. The number of hydrogen-bond donors (Lipinski definition) is 2. The third-order valence-electron chi connectivity index (χ3n) is 4.39. The highest BCUT2D eigenvalue weighted by Crippen LogP contribution is 2.41. The minimum Gasteiger partial charge on any atom is -0.392 e. The predicted octanol–water partition coefficient (Wildman–Crippen LogP) is 2.36. The van der Waals surface area contributed by atoms with E-state index in [0.717, 1.165) is 20.2 Å². The zero-order valence-corrected chi connectivity index (χ0v) is 13.6. The molecule has 0 bridgehead atoms. The molecule has 0 saturated carbocycles. The average Bonchev–Trinajstić information content (AvgIpc) is 2.90. The summed E-state index contributed by atoms with van der Waals surface area (Å²) in [4.78, 5) is 8.46. The van der Waals surface area contributed by atoms with Crippen molar-refractivity contribution in [1.29, 1.82) is 0 Å². The first kappa shape index (κ1) is 13.8. The van der Waals surface area contributed by atoms with Crippen LogP contribution in [0.3, 0.4) is 0 Å². The highest BCUT2D eigenvalue weighted by Gasteiger charge is 2.32. The van der Waals surface area contributed by atoms with Gasteiger partial charge in [-0.1, -0.05) is 19.9 Å². The van der Waals surface area contributed by atoms with E-state index in [2.05, 4.69) is 63.2 Å². The number of nitrogens with zero attached hydrogens (tertiary/aromatic N) is 3. The van der Waals surface area contributed by atoms with Crippen LogP contribution in [0.1, 0.15) is 19.9 Å². The molecule has 0 amide bonds. The number of hydrogen-bond acceptors (Lipinski definition) is 4. The fourth-order valence-electron chi connectivity index (χ4n) is 2.98. The van der Waals surface area contributed by atoms with Crippen molar-refractivity contribution in [2.45, 2.75) is 19.9 Å². The minimum absolute atomic E-state index is 0.120. The normalized spacial score (nSPS) is 26.2. The van der Waals surface area contributed by atoms with Crippen LogP contribution in [0, 0.1) is 15.4 Å². The summed E-state index contributed by atoms with van der Waals surface area (Å²) in [7, 11) is 0. The largest absolute Gasteiger partial charge is 0.392 e. The lowest BCUT2D eigenvalue weighted by Gasteiger charge is -2.21. The van der Waals surface area contributed by atoms with E-state index in [1.54, 1.807) is 0 Å². The molecule has 0 radical (unpaired) electrons. The van der Waals surface area contributed by atoms with Crippen LogP contribution >= 0.6 is 22.6 Å². The van der Waals surface area contributed by atoms with E-state index in [9.17, 15) is 5.11 Å². The van der Waals surface area contributed by atoms with Gasteiger partial charge in [-0.2, -0.15) is 0 Å². The van der Waals surface area contributed by atoms with Crippen LogP contribution < -0.4 is 5.73 Å². The molecule has 2 aromatic rings. The number of fused-ring (bicyclic) bond motifs is 1. The summed E-state index contributed by atoms with van der Waals surface area (Å²) in [5.74, 6) is 1.31. The summed E-state index contributed by atoms with van der Waals surface area (Å²) in [6.45, 7) is 4.49. The first-order valence-electron chi connectivity index (χ1n) is 6.62. The standard InChI is InChI=1S/C14H17IN4O/c1-7-8(2)11(3-9(7)5-20)19-4-10(15)12-13(16)17-6-18-14(12)19/h3-4,6-8,11,20H,5H2,1-2H3,(H2,16,17,18). The molecule has 3 rings (SSSR count). The Morgan fingerprint density at radius 3 is 2.80 bits per heavy atom. The van der Waals surface area contributed by atoms with E-state index >= 15 is 0 Å². The molecule has 0 spiro atoms. The summed E-state index contributed by atoms with van der Waals surface area (Å²) in [5.41, 5.74) is 7.92. The summed E-state index contributed by atoms with van der Waals surface area (Å²) in [6.07, 6.45) is 5.73. The zero-order chi connectivity index (χ0) is 14.4. The number of anilines is 1. The molecule has 106 valence electrons. The van der Waals surface area contributed by atoms with Crippen molar-refractivity contribution in [2.75, 3.05) is 12.3 Å². The number of nitrogens with two attached hydrogens (primary N) is 1. The second-order valence-electron chi connectivity index (χ2n) is 5.38. The SMILES string of the molecule is CC1C(CO)=CC(n2cc(I)c3c(N)ncnc32)C1C. The fraction of sp³-hybridized carbons (Fsp3) is 0.429. The highest BCUT2D eigenvalue weighted by atomic mass is 127. The second-order valence-corrected chi connectivity index (χ2v) is 6.54. The van der Waals surface area contributed by atoms with Gasteiger partial charge in [0, 0.05) is 9.77 Å². The van der Waals surface area contributed by atoms with E-state index in [-0.39, 0.29) is 12.6 Å². The summed E-state index contributed by atoms with van der Waals surface area (Å²) in [5, 5.41) is 10.4. The van der Waals surface area contributed by atoms with Crippen molar-refractivity contribution in [1.82, 2.24) is 14.5 Å². The Labute approximate surface area is 131 Å². The smallest absolute Gasteiger partial charge is 0.147 e. The third kappa shape index (κ3) is 1.93. The van der Waals surface area contributed by atoms with Gasteiger partial charge in [0.05, 0.1) is 18.0 Å². The summed E-state index contributed by atoms with van der Waals surface area (Å²) in [6, 6.07) is 0.201. The number of aromatic nitrogens is 3. The number of allylic oxidation sites excluding steroid dienone is 1. The number of aliphatic hydroxyl groups excluding tert-OH is 1. The Hall–Kier alpha value is -1.15. The van der Waals surface area contributed by atoms with Gasteiger partial charge in [-0.15, -0.1) is 0 Å². The van der Waals surface area contributed by atoms with Crippen LogP contribution in [0.2, 0.25) is 0 Å². The fourth-order valence-corrected chi connectivity index (χ4v) is 3.79. The molecule has 1 aliphatic carbocycles. The molecule has 3 unspecified atom stereocenters. The van der Waals surface area contributed by atoms with E-state index in [4.69, 9.17) is 5.73 Å². The minimum atomic E-state index is 0.120. The molecule has 0 fully saturated rings. The van der Waals surface area contributed by atoms with E-state index in [1.807, 2.05) is 0 Å². The van der Waals surface area contributed by atoms with E-state index < -0.39 is 0 Å². The van der Waals surface area contributed by atoms with Crippen molar-refractivity contribution in [2.24, 2.45) is 11.8 Å². The molecule has 0 saturated heterocycles. The molecule has 6 heteroatoms. The predicted molar refractivity (Wildman–Crippen MR) is 87.2 cm³/mol. The van der Waals surface area contributed by atoms with Crippen molar-refractivity contribution >= 4 is 39.4 Å². The Bertz CT molecular complexity index is 694. The number of rotatable bonds is 2. The van der Waals surface area contributed by atoms with Gasteiger partial charge in [-0.25, -0.2) is 9.97 Å². The van der Waals surface area contributed by atoms with Crippen LogP contribution in [0.4, 0.5) is 5.82 Å². The Balaban J connectivity index is 2.17. The Morgan fingerprint density at radius 1 is 1.40 bits per heavy atom. The van der Waals surface area contributed by atoms with Crippen LogP contribution in [-0.4, -0.2) is 26.2 Å². The molecule has 0 aliphatic heterocycles. The molecule has 3 atom stereocenters. The quantitative estimate of drug-likeness (QED) is 0.616. The van der Waals surface area contributed by atoms with Crippen LogP contribution in [0.15, 0.2) is 24.2 Å². The van der Waals surface area contributed by atoms with Crippen molar-refractivity contribution in [3.63, 3.8) is 0 Å². The molecule has 2 heterocycles. The van der Waals surface area contributed by atoms with Crippen molar-refractivity contribution in [3.8, 4) is 0 Å². The molecular formula is C14H17IN4O. The second kappa shape index (κ2) is 5.00. The first-order valence-corrected chi connectivity index (χ1v) is 7.70. The lowest BCUT2D eigenvalue weighted by Crippen LogP contribution is -2.16. The summed E-state index contributed by atoms with van der Waals surface area (Å²) >= 11 is 2.27. The Kier molecular flexibility index (Phi) is 3.45. The number of aliphatic hydroxyl groups is 1. The maximum atomic E-state index is 9.46. The molecule has 1 aliphatic rings. The van der Waals surface area contributed by atoms with E-state index in [1.165, 1.54) is 6.33 Å². The van der Waals surface area contributed by atoms with Gasteiger partial charge in [0.25, 0.3) is 0 Å². The molecule has 5 nitrogen and oxygen atoms in total. The van der Waals surface area contributed by atoms with Gasteiger partial charge in [0.15, 0.2) is 0 Å². The molecule has 3 N–H and O–H groups in total. The zero-order valence-electron chi connectivity index (χ0n) is 11.4. The van der Waals surface area contributed by atoms with E-state index in [0.29, 0.717) is 17.7 Å². The molecule has 2 aromatic heterocycles. The van der Waals surface area contributed by atoms with Gasteiger partial charge in [-0.05, 0) is 40.0 Å².